The van der Waals surface area contributed by atoms with E-state index >= 15 is 0 Å². The number of unbranched alkanes of at least 4 members (excludes halogenated alkanes) is 1. The number of fused-ring (bicyclic) bond motifs is 1. The molecule has 0 saturated heterocycles. The quantitative estimate of drug-likeness (QED) is 0.475. The molecule has 0 bridgehead atoms. The zero-order valence-electron chi connectivity index (χ0n) is 7.96. The van der Waals surface area contributed by atoms with Crippen molar-refractivity contribution < 1.29 is 4.79 Å². The van der Waals surface area contributed by atoms with Crippen molar-refractivity contribution in [3.63, 3.8) is 0 Å². The minimum Gasteiger partial charge on any atom is -0.299 e. The van der Waals surface area contributed by atoms with Crippen molar-refractivity contribution in [2.75, 3.05) is 0 Å². The topological polar surface area (TPSA) is 17.1 Å². The molecule has 2 aliphatic carbocycles. The Morgan fingerprint density at radius 3 is 2.69 bits per heavy atom. The van der Waals surface area contributed by atoms with Gasteiger partial charge in [0.15, 0.2) is 0 Å². The van der Waals surface area contributed by atoms with Crippen LogP contribution in [-0.4, -0.2) is 5.78 Å². The van der Waals surface area contributed by atoms with Crippen molar-refractivity contribution in [1.29, 1.82) is 0 Å². The molecule has 0 amide bonds. The van der Waals surface area contributed by atoms with Crippen LogP contribution in [0.5, 0.6) is 0 Å². The third-order valence-corrected chi connectivity index (χ3v) is 3.52. The number of ketones is 1. The lowest BCUT2D eigenvalue weighted by Crippen LogP contribution is -2.04. The molecule has 0 aromatic carbocycles. The fourth-order valence-electron chi connectivity index (χ4n) is 2.83. The standard InChI is InChI=1S/C12H16O/c1-2-3-4-8-11(13)12-9-6-5-7-10(9)12/h1,9-10,12H,3-8H2. The van der Waals surface area contributed by atoms with Gasteiger partial charge in [-0.25, -0.2) is 0 Å². The van der Waals surface area contributed by atoms with Crippen LogP contribution in [0.25, 0.3) is 0 Å². The monoisotopic (exact) mass is 176 g/mol. The highest BCUT2D eigenvalue weighted by molar-refractivity contribution is 5.84. The second-order valence-electron chi connectivity index (χ2n) is 4.31. The molecule has 2 unspecified atom stereocenters. The molecule has 13 heavy (non-hydrogen) atoms. The number of hydrogen-bond acceptors (Lipinski definition) is 1. The average molecular weight is 176 g/mol. The Labute approximate surface area is 79.9 Å². The highest BCUT2D eigenvalue weighted by atomic mass is 16.1. The highest BCUT2D eigenvalue weighted by Crippen LogP contribution is 2.58. The molecule has 0 aromatic rings. The molecule has 1 heteroatoms. The smallest absolute Gasteiger partial charge is 0.136 e. The van der Waals surface area contributed by atoms with Crippen molar-refractivity contribution in [3.05, 3.63) is 0 Å². The molecule has 2 saturated carbocycles. The summed E-state index contributed by atoms with van der Waals surface area (Å²) in [4.78, 5) is 11.6. The third kappa shape index (κ3) is 1.63. The molecule has 0 aromatic heterocycles. The Bertz CT molecular complexity index is 238. The van der Waals surface area contributed by atoms with Crippen LogP contribution in [-0.2, 0) is 4.79 Å². The molecular formula is C12H16O. The lowest BCUT2D eigenvalue weighted by molar-refractivity contribution is -0.121. The predicted molar refractivity (Wildman–Crippen MR) is 52.0 cm³/mol. The Morgan fingerprint density at radius 2 is 2.08 bits per heavy atom. The Balaban J connectivity index is 1.71. The number of carbonyl (C=O) groups is 1. The van der Waals surface area contributed by atoms with Crippen LogP contribution >= 0.6 is 0 Å². The van der Waals surface area contributed by atoms with Gasteiger partial charge in [-0.2, -0.15) is 0 Å². The summed E-state index contributed by atoms with van der Waals surface area (Å²) >= 11 is 0. The first kappa shape index (κ1) is 8.81. The number of Topliss-reactive ketones (excluding diaryl/α,β-unsaturated/α-hetero) is 1. The summed E-state index contributed by atoms with van der Waals surface area (Å²) in [6.07, 6.45) is 11.5. The van der Waals surface area contributed by atoms with E-state index in [1.54, 1.807) is 0 Å². The van der Waals surface area contributed by atoms with E-state index < -0.39 is 0 Å². The van der Waals surface area contributed by atoms with Gasteiger partial charge in [-0.1, -0.05) is 6.42 Å². The van der Waals surface area contributed by atoms with Gasteiger partial charge in [0.1, 0.15) is 5.78 Å². The van der Waals surface area contributed by atoms with Gasteiger partial charge in [0.05, 0.1) is 0 Å². The maximum absolute atomic E-state index is 11.6. The summed E-state index contributed by atoms with van der Waals surface area (Å²) in [5.74, 6) is 5.07. The van der Waals surface area contributed by atoms with E-state index in [0.717, 1.165) is 31.1 Å². The minimum absolute atomic E-state index is 0.450. The van der Waals surface area contributed by atoms with E-state index in [1.807, 2.05) is 0 Å². The van der Waals surface area contributed by atoms with Crippen molar-refractivity contribution in [2.45, 2.75) is 38.5 Å². The fraction of sp³-hybridized carbons (Fsp3) is 0.750. The predicted octanol–water partition coefficient (Wildman–Crippen LogP) is 2.41. The minimum atomic E-state index is 0.450. The molecule has 2 fully saturated rings. The molecule has 70 valence electrons. The zero-order valence-corrected chi connectivity index (χ0v) is 7.96. The van der Waals surface area contributed by atoms with Crippen LogP contribution < -0.4 is 0 Å². The van der Waals surface area contributed by atoms with Crippen LogP contribution in [0.2, 0.25) is 0 Å². The van der Waals surface area contributed by atoms with E-state index in [0.29, 0.717) is 11.7 Å². The maximum Gasteiger partial charge on any atom is 0.136 e. The van der Waals surface area contributed by atoms with Crippen molar-refractivity contribution in [3.8, 4) is 12.3 Å². The molecule has 0 N–H and O–H groups in total. The van der Waals surface area contributed by atoms with E-state index in [4.69, 9.17) is 6.42 Å². The largest absolute Gasteiger partial charge is 0.299 e. The highest BCUT2D eigenvalue weighted by Gasteiger charge is 2.55. The summed E-state index contributed by atoms with van der Waals surface area (Å²) < 4.78 is 0. The first-order valence-corrected chi connectivity index (χ1v) is 5.31. The normalized spacial score (nSPS) is 35.2. The number of rotatable bonds is 4. The summed E-state index contributed by atoms with van der Waals surface area (Å²) in [6.45, 7) is 0. The summed E-state index contributed by atoms with van der Waals surface area (Å²) in [6, 6.07) is 0. The van der Waals surface area contributed by atoms with Crippen LogP contribution in [0.3, 0.4) is 0 Å². The van der Waals surface area contributed by atoms with E-state index in [2.05, 4.69) is 5.92 Å². The summed E-state index contributed by atoms with van der Waals surface area (Å²) in [7, 11) is 0. The molecular weight excluding hydrogens is 160 g/mol. The van der Waals surface area contributed by atoms with Crippen LogP contribution in [0.4, 0.5) is 0 Å². The average Bonchev–Trinajstić information content (AvgIpc) is 2.61. The molecule has 0 spiro atoms. The SMILES string of the molecule is C#CCCCC(=O)C1C2CCCC21. The molecule has 1 nitrogen and oxygen atoms in total. The van der Waals surface area contributed by atoms with Gasteiger partial charge >= 0.3 is 0 Å². The second-order valence-corrected chi connectivity index (χ2v) is 4.31. The second kappa shape index (κ2) is 3.54. The molecule has 0 heterocycles. The first-order valence-electron chi connectivity index (χ1n) is 5.31. The Kier molecular flexibility index (Phi) is 2.40. The van der Waals surface area contributed by atoms with Gasteiger partial charge in [0.25, 0.3) is 0 Å². The summed E-state index contributed by atoms with van der Waals surface area (Å²) in [5, 5.41) is 0. The summed E-state index contributed by atoms with van der Waals surface area (Å²) in [5.41, 5.74) is 0. The number of hydrogen-bond donors (Lipinski definition) is 0. The molecule has 2 rings (SSSR count). The number of terminal acetylenes is 1. The third-order valence-electron chi connectivity index (χ3n) is 3.52. The van der Waals surface area contributed by atoms with Crippen molar-refractivity contribution >= 4 is 5.78 Å². The lowest BCUT2D eigenvalue weighted by atomic mass is 10.0. The van der Waals surface area contributed by atoms with Gasteiger partial charge < -0.3 is 0 Å². The van der Waals surface area contributed by atoms with Crippen LogP contribution in [0, 0.1) is 30.1 Å². The van der Waals surface area contributed by atoms with Gasteiger partial charge in [-0.3, -0.25) is 4.79 Å². The first-order chi connectivity index (χ1) is 6.34. The van der Waals surface area contributed by atoms with Crippen molar-refractivity contribution in [2.24, 2.45) is 17.8 Å². The van der Waals surface area contributed by atoms with Gasteiger partial charge in [-0.15, -0.1) is 12.3 Å². The van der Waals surface area contributed by atoms with Crippen LogP contribution in [0.15, 0.2) is 0 Å². The maximum atomic E-state index is 11.6. The molecule has 0 aliphatic heterocycles. The molecule has 2 atom stereocenters. The van der Waals surface area contributed by atoms with Gasteiger partial charge in [-0.05, 0) is 31.1 Å². The van der Waals surface area contributed by atoms with Gasteiger partial charge in [0.2, 0.25) is 0 Å². The van der Waals surface area contributed by atoms with E-state index in [-0.39, 0.29) is 0 Å². The molecule has 0 radical (unpaired) electrons. The Morgan fingerprint density at radius 1 is 1.38 bits per heavy atom. The number of carbonyl (C=O) groups excluding carboxylic acids is 1. The fourth-order valence-corrected chi connectivity index (χ4v) is 2.83. The van der Waals surface area contributed by atoms with E-state index in [1.165, 1.54) is 19.3 Å². The molecule has 2 aliphatic rings. The zero-order chi connectivity index (χ0) is 9.26. The Hall–Kier alpha value is -0.770. The van der Waals surface area contributed by atoms with Crippen molar-refractivity contribution in [1.82, 2.24) is 0 Å². The van der Waals surface area contributed by atoms with E-state index in [9.17, 15) is 4.79 Å². The van der Waals surface area contributed by atoms with Crippen LogP contribution in [0.1, 0.15) is 38.5 Å². The lowest BCUT2D eigenvalue weighted by Gasteiger charge is -2.00. The van der Waals surface area contributed by atoms with Gasteiger partial charge in [0, 0.05) is 18.8 Å².